The molecule has 0 aliphatic carbocycles. The average molecular weight is 479 g/mol. The second kappa shape index (κ2) is 12.6. The molecule has 3 aromatic carbocycles. The summed E-state index contributed by atoms with van der Waals surface area (Å²) in [4.78, 5) is 24.5. The number of rotatable bonds is 11. The van der Waals surface area contributed by atoms with Gasteiger partial charge in [0.25, 0.3) is 5.91 Å². The smallest absolute Gasteiger partial charge is 0.343 e. The van der Waals surface area contributed by atoms with Crippen LogP contribution in [0.2, 0.25) is 0 Å². The van der Waals surface area contributed by atoms with E-state index in [9.17, 15) is 9.59 Å². The molecule has 0 aliphatic heterocycles. The molecule has 9 nitrogen and oxygen atoms in total. The molecule has 0 saturated heterocycles. The highest BCUT2D eigenvalue weighted by atomic mass is 16.6. The lowest BCUT2D eigenvalue weighted by atomic mass is 10.2. The Kier molecular flexibility index (Phi) is 9.07. The van der Waals surface area contributed by atoms with E-state index in [1.807, 2.05) is 6.92 Å². The van der Waals surface area contributed by atoms with Gasteiger partial charge in [0.15, 0.2) is 18.1 Å². The van der Waals surface area contributed by atoms with Crippen LogP contribution >= 0.6 is 0 Å². The summed E-state index contributed by atoms with van der Waals surface area (Å²) in [6.45, 7) is 1.99. The molecule has 0 saturated carbocycles. The topological polar surface area (TPSA) is 105 Å². The number of methoxy groups -OCH3 is 2. The fourth-order valence-corrected chi connectivity index (χ4v) is 2.88. The van der Waals surface area contributed by atoms with Crippen molar-refractivity contribution in [3.63, 3.8) is 0 Å². The van der Waals surface area contributed by atoms with E-state index in [1.165, 1.54) is 6.21 Å². The van der Waals surface area contributed by atoms with E-state index >= 15 is 0 Å². The lowest BCUT2D eigenvalue weighted by molar-refractivity contribution is -0.123. The summed E-state index contributed by atoms with van der Waals surface area (Å²) in [7, 11) is 3.12. The summed E-state index contributed by atoms with van der Waals surface area (Å²) in [5.74, 6) is 1.55. The van der Waals surface area contributed by atoms with Gasteiger partial charge in [0.1, 0.15) is 17.2 Å². The summed E-state index contributed by atoms with van der Waals surface area (Å²) in [6.07, 6.45) is 1.45. The first-order valence-corrected chi connectivity index (χ1v) is 10.7. The highest BCUT2D eigenvalue weighted by Crippen LogP contribution is 2.29. The maximum Gasteiger partial charge on any atom is 0.343 e. The third-order valence-electron chi connectivity index (χ3n) is 4.63. The van der Waals surface area contributed by atoms with Gasteiger partial charge < -0.3 is 23.7 Å². The fourth-order valence-electron chi connectivity index (χ4n) is 2.88. The number of hydrazone groups is 1. The highest BCUT2D eigenvalue weighted by Gasteiger charge is 2.13. The predicted octanol–water partition coefficient (Wildman–Crippen LogP) is 3.85. The number of benzene rings is 3. The Morgan fingerprint density at radius 3 is 2.09 bits per heavy atom. The van der Waals surface area contributed by atoms with Crippen LogP contribution in [0.25, 0.3) is 0 Å². The van der Waals surface area contributed by atoms with Gasteiger partial charge in [0.05, 0.1) is 32.6 Å². The van der Waals surface area contributed by atoms with Crippen molar-refractivity contribution in [2.24, 2.45) is 5.10 Å². The monoisotopic (exact) mass is 478 g/mol. The van der Waals surface area contributed by atoms with Crippen LogP contribution in [0.4, 0.5) is 0 Å². The Morgan fingerprint density at radius 1 is 0.829 bits per heavy atom. The Hall–Kier alpha value is -4.53. The molecule has 3 aromatic rings. The number of hydrogen-bond acceptors (Lipinski definition) is 8. The molecule has 0 unspecified atom stereocenters. The molecular weight excluding hydrogens is 452 g/mol. The van der Waals surface area contributed by atoms with Crippen molar-refractivity contribution in [3.8, 4) is 28.7 Å². The van der Waals surface area contributed by atoms with Crippen LogP contribution in [0.3, 0.4) is 0 Å². The molecule has 0 radical (unpaired) electrons. The largest absolute Gasteiger partial charge is 0.497 e. The van der Waals surface area contributed by atoms with Crippen LogP contribution < -0.4 is 29.1 Å². The van der Waals surface area contributed by atoms with E-state index in [2.05, 4.69) is 10.5 Å². The van der Waals surface area contributed by atoms with E-state index < -0.39 is 11.9 Å². The quantitative estimate of drug-likeness (QED) is 0.193. The Bertz CT molecular complexity index is 1160. The third kappa shape index (κ3) is 7.50. The molecule has 0 aliphatic rings. The molecule has 0 bridgehead atoms. The maximum atomic E-state index is 12.5. The molecule has 35 heavy (non-hydrogen) atoms. The highest BCUT2D eigenvalue weighted by molar-refractivity contribution is 5.92. The number of nitrogens with zero attached hydrogens (tertiary/aromatic N) is 1. The molecule has 0 atom stereocenters. The van der Waals surface area contributed by atoms with Crippen molar-refractivity contribution in [2.45, 2.75) is 6.92 Å². The number of nitrogens with one attached hydrogen (secondary N) is 1. The number of amides is 1. The molecule has 0 fully saturated rings. The van der Waals surface area contributed by atoms with Crippen molar-refractivity contribution in [1.82, 2.24) is 5.43 Å². The first kappa shape index (κ1) is 25.1. The van der Waals surface area contributed by atoms with Crippen LogP contribution in [0, 0.1) is 0 Å². The summed E-state index contributed by atoms with van der Waals surface area (Å²) in [6, 6.07) is 18.4. The molecule has 0 heterocycles. The number of carbonyl (C=O) groups excluding carboxylic acids is 2. The Balaban J connectivity index is 1.57. The molecule has 1 amide bonds. The Morgan fingerprint density at radius 2 is 1.46 bits per heavy atom. The van der Waals surface area contributed by atoms with E-state index in [0.717, 1.165) is 0 Å². The summed E-state index contributed by atoms with van der Waals surface area (Å²) in [5, 5.41) is 3.94. The average Bonchev–Trinajstić information content (AvgIpc) is 2.89. The van der Waals surface area contributed by atoms with Crippen LogP contribution in [-0.2, 0) is 4.79 Å². The summed E-state index contributed by atoms with van der Waals surface area (Å²) in [5.41, 5.74) is 3.40. The molecule has 1 N–H and O–H groups in total. The van der Waals surface area contributed by atoms with Gasteiger partial charge in [-0.05, 0) is 79.2 Å². The summed E-state index contributed by atoms with van der Waals surface area (Å²) >= 11 is 0. The fraction of sp³-hybridized carbons (Fsp3) is 0.192. The zero-order valence-electron chi connectivity index (χ0n) is 19.6. The minimum absolute atomic E-state index is 0.200. The van der Waals surface area contributed by atoms with Crippen LogP contribution in [0.1, 0.15) is 22.8 Å². The number of esters is 1. The van der Waals surface area contributed by atoms with Crippen LogP contribution in [-0.4, -0.2) is 45.5 Å². The molecular formula is C26H26N2O7. The third-order valence-corrected chi connectivity index (χ3v) is 4.63. The zero-order valence-corrected chi connectivity index (χ0v) is 19.6. The van der Waals surface area contributed by atoms with E-state index in [-0.39, 0.29) is 12.4 Å². The number of ether oxygens (including phenoxy) is 5. The standard InChI is InChI=1S/C26H26N2O7/c1-4-33-24-15-18(5-14-23(24)35-26(30)19-6-8-20(31-2)9-7-19)16-27-28-25(29)17-34-22-12-10-21(32-3)11-13-22/h5-16H,4,17H2,1-3H3,(H,28,29)/b27-16+. The van der Waals surface area contributed by atoms with E-state index in [0.29, 0.717) is 40.7 Å². The van der Waals surface area contributed by atoms with Crippen molar-refractivity contribution < 1.29 is 33.3 Å². The van der Waals surface area contributed by atoms with Gasteiger partial charge in [-0.15, -0.1) is 0 Å². The predicted molar refractivity (Wildman–Crippen MR) is 130 cm³/mol. The maximum absolute atomic E-state index is 12.5. The van der Waals surface area contributed by atoms with Gasteiger partial charge in [0.2, 0.25) is 0 Å². The van der Waals surface area contributed by atoms with Gasteiger partial charge in [0, 0.05) is 0 Å². The van der Waals surface area contributed by atoms with Gasteiger partial charge >= 0.3 is 5.97 Å². The lowest BCUT2D eigenvalue weighted by Gasteiger charge is -2.11. The lowest BCUT2D eigenvalue weighted by Crippen LogP contribution is -2.24. The van der Waals surface area contributed by atoms with Gasteiger partial charge in [-0.25, -0.2) is 10.2 Å². The minimum atomic E-state index is -0.529. The SMILES string of the molecule is CCOc1cc(/C=N/NC(=O)COc2ccc(OC)cc2)ccc1OC(=O)c1ccc(OC)cc1. The van der Waals surface area contributed by atoms with E-state index in [1.54, 1.807) is 80.9 Å². The van der Waals surface area contributed by atoms with Crippen molar-refractivity contribution in [3.05, 3.63) is 77.9 Å². The first-order chi connectivity index (χ1) is 17.0. The normalized spacial score (nSPS) is 10.5. The number of hydrogen-bond donors (Lipinski definition) is 1. The Labute approximate surface area is 203 Å². The zero-order chi connectivity index (χ0) is 25.0. The van der Waals surface area contributed by atoms with Gasteiger partial charge in [-0.2, -0.15) is 5.10 Å². The molecule has 0 aromatic heterocycles. The second-order valence-corrected chi connectivity index (χ2v) is 7.01. The van der Waals surface area contributed by atoms with Crippen molar-refractivity contribution in [1.29, 1.82) is 0 Å². The van der Waals surface area contributed by atoms with Gasteiger partial charge in [-0.1, -0.05) is 0 Å². The minimum Gasteiger partial charge on any atom is -0.497 e. The molecule has 182 valence electrons. The molecule has 9 heteroatoms. The molecule has 3 rings (SSSR count). The second-order valence-electron chi connectivity index (χ2n) is 7.01. The van der Waals surface area contributed by atoms with Crippen molar-refractivity contribution >= 4 is 18.1 Å². The van der Waals surface area contributed by atoms with E-state index in [4.69, 9.17) is 23.7 Å². The van der Waals surface area contributed by atoms with Crippen molar-refractivity contribution in [2.75, 3.05) is 27.4 Å². The van der Waals surface area contributed by atoms with Crippen LogP contribution in [0.15, 0.2) is 71.8 Å². The first-order valence-electron chi connectivity index (χ1n) is 10.7. The number of carbonyl (C=O) groups is 2. The van der Waals surface area contributed by atoms with Crippen LogP contribution in [0.5, 0.6) is 28.7 Å². The summed E-state index contributed by atoms with van der Waals surface area (Å²) < 4.78 is 26.7. The molecule has 0 spiro atoms. The van der Waals surface area contributed by atoms with Gasteiger partial charge in [-0.3, -0.25) is 4.79 Å².